The van der Waals surface area contributed by atoms with Crippen molar-refractivity contribution in [3.8, 4) is 11.5 Å². The van der Waals surface area contributed by atoms with E-state index >= 15 is 0 Å². The van der Waals surface area contributed by atoms with Crippen molar-refractivity contribution in [3.05, 3.63) is 59.9 Å². The van der Waals surface area contributed by atoms with Crippen LogP contribution in [0.5, 0.6) is 11.5 Å². The van der Waals surface area contributed by atoms with Crippen LogP contribution in [0.1, 0.15) is 31.2 Å². The number of likely N-dealkylation sites (N-methyl/N-ethyl adjacent to an activating group) is 1. The van der Waals surface area contributed by atoms with Crippen molar-refractivity contribution < 1.29 is 18.4 Å². The van der Waals surface area contributed by atoms with Crippen LogP contribution in [0, 0.1) is 5.82 Å². The van der Waals surface area contributed by atoms with Gasteiger partial charge in [0.05, 0.1) is 33.2 Å². The van der Waals surface area contributed by atoms with Crippen molar-refractivity contribution >= 4 is 18.0 Å². The highest BCUT2D eigenvalue weighted by molar-refractivity contribution is 6.06. The molecule has 0 bridgehead atoms. The van der Waals surface area contributed by atoms with Crippen molar-refractivity contribution in [1.82, 2.24) is 5.32 Å². The average Bonchev–Trinajstić information content (AvgIpc) is 2.81. The van der Waals surface area contributed by atoms with E-state index in [1.807, 2.05) is 24.3 Å². The summed E-state index contributed by atoms with van der Waals surface area (Å²) >= 11 is 0. The Morgan fingerprint density at radius 3 is 2.41 bits per heavy atom. The number of hydrogen-bond acceptors (Lipinski definition) is 4. The number of ether oxygens (including phenoxy) is 1. The van der Waals surface area contributed by atoms with Gasteiger partial charge in [-0.2, -0.15) is 0 Å². The van der Waals surface area contributed by atoms with Crippen LogP contribution >= 0.6 is 0 Å². The van der Waals surface area contributed by atoms with Crippen molar-refractivity contribution in [3.63, 3.8) is 0 Å². The van der Waals surface area contributed by atoms with E-state index in [0.29, 0.717) is 30.3 Å². The summed E-state index contributed by atoms with van der Waals surface area (Å²) in [5.74, 6) is 1.38. The summed E-state index contributed by atoms with van der Waals surface area (Å²) in [4.78, 5) is 21.6. The Morgan fingerprint density at radius 1 is 1.06 bits per heavy atom. The molecule has 2 heterocycles. The molecule has 0 saturated carbocycles. The maximum absolute atomic E-state index is 13.0. The highest BCUT2D eigenvalue weighted by atomic mass is 19.1. The van der Waals surface area contributed by atoms with E-state index in [9.17, 15) is 9.18 Å². The first kappa shape index (κ1) is 22.1. The fraction of sp³-hybridized carbons (Fsp3) is 0.400. The van der Waals surface area contributed by atoms with E-state index in [1.165, 1.54) is 44.5 Å². The summed E-state index contributed by atoms with van der Waals surface area (Å²) in [6, 6.07) is 12.7. The number of piperidine rings is 1. The molecule has 4 rings (SSSR count). The first-order valence-corrected chi connectivity index (χ1v) is 11.3. The molecule has 1 unspecified atom stereocenters. The van der Waals surface area contributed by atoms with Gasteiger partial charge in [-0.1, -0.05) is 0 Å². The molecule has 0 radical (unpaired) electrons. The number of quaternary nitrogens is 1. The Morgan fingerprint density at radius 2 is 1.72 bits per heavy atom. The van der Waals surface area contributed by atoms with Gasteiger partial charge in [-0.15, -0.1) is 0 Å². The second-order valence-corrected chi connectivity index (χ2v) is 8.74. The number of amidine groups is 1. The number of likely N-dealkylation sites (tertiary alicyclic amines) is 1. The molecule has 2 aromatic carbocycles. The van der Waals surface area contributed by atoms with Crippen molar-refractivity contribution in [2.45, 2.75) is 31.7 Å². The first-order valence-electron chi connectivity index (χ1n) is 11.3. The highest BCUT2D eigenvalue weighted by Crippen LogP contribution is 2.23. The number of carbonyl (C=O) groups is 1. The molecule has 0 aromatic heterocycles. The molecule has 2 aromatic rings. The monoisotopic (exact) mass is 437 g/mol. The molecule has 1 fully saturated rings. The number of nitrogens with zero attached hydrogens (tertiary/aromatic N) is 3. The molecule has 1 atom stereocenters. The standard InChI is InChI=1S/C25H29FN4O2/c1-30(16-3-2-4-17-30)18-15-28-25(31)23-13-14-27-24(29-23)19-5-9-21(10-6-19)32-22-11-7-20(26)8-12-22/h5-12,14,23H,2-4,13,15-18H2,1H3/p+1. The van der Waals surface area contributed by atoms with E-state index in [1.54, 1.807) is 18.3 Å². The van der Waals surface area contributed by atoms with Gasteiger partial charge in [0.25, 0.3) is 0 Å². The number of nitrogens with one attached hydrogen (secondary N) is 1. The molecular weight excluding hydrogens is 407 g/mol. The van der Waals surface area contributed by atoms with Crippen LogP contribution in [-0.4, -0.2) is 61.7 Å². The number of carbonyl (C=O) groups excluding carboxylic acids is 1. The lowest BCUT2D eigenvalue weighted by molar-refractivity contribution is -0.912. The molecule has 1 amide bonds. The number of hydrogen-bond donors (Lipinski definition) is 1. The van der Waals surface area contributed by atoms with Gasteiger partial charge in [-0.25, -0.2) is 9.38 Å². The van der Waals surface area contributed by atoms with Crippen LogP contribution in [0.4, 0.5) is 4.39 Å². The zero-order chi connectivity index (χ0) is 22.4. The molecule has 0 spiro atoms. The predicted octanol–water partition coefficient (Wildman–Crippen LogP) is 3.95. The SMILES string of the molecule is C[N+]1(CCNC(=O)C2CC=NC(c3ccc(Oc4ccc(F)cc4)cc3)=N2)CCCCC1. The third-order valence-corrected chi connectivity index (χ3v) is 6.13. The zero-order valence-electron chi connectivity index (χ0n) is 18.5. The topological polar surface area (TPSA) is 63.0 Å². The molecule has 2 aliphatic rings. The Balaban J connectivity index is 1.33. The third-order valence-electron chi connectivity index (χ3n) is 6.13. The molecule has 2 aliphatic heterocycles. The maximum Gasteiger partial charge on any atom is 0.245 e. The molecule has 1 saturated heterocycles. The maximum atomic E-state index is 13.0. The predicted molar refractivity (Wildman–Crippen MR) is 124 cm³/mol. The molecule has 168 valence electrons. The van der Waals surface area contributed by atoms with Gasteiger partial charge in [0.1, 0.15) is 23.4 Å². The van der Waals surface area contributed by atoms with Gasteiger partial charge in [0, 0.05) is 18.2 Å². The summed E-state index contributed by atoms with van der Waals surface area (Å²) in [5.41, 5.74) is 0.816. The van der Waals surface area contributed by atoms with Crippen LogP contribution in [0.3, 0.4) is 0 Å². The van der Waals surface area contributed by atoms with E-state index < -0.39 is 6.04 Å². The Labute approximate surface area is 188 Å². The van der Waals surface area contributed by atoms with E-state index in [4.69, 9.17) is 4.74 Å². The van der Waals surface area contributed by atoms with Gasteiger partial charge in [-0.05, 0) is 67.8 Å². The van der Waals surface area contributed by atoms with Crippen molar-refractivity contribution in [2.24, 2.45) is 9.98 Å². The summed E-state index contributed by atoms with van der Waals surface area (Å²) in [7, 11) is 2.28. The Kier molecular flexibility index (Phi) is 6.95. The number of amides is 1. The van der Waals surface area contributed by atoms with Crippen LogP contribution in [-0.2, 0) is 4.79 Å². The van der Waals surface area contributed by atoms with Crippen LogP contribution in [0.2, 0.25) is 0 Å². The summed E-state index contributed by atoms with van der Waals surface area (Å²) in [5, 5.41) is 3.07. The summed E-state index contributed by atoms with van der Waals surface area (Å²) in [6.45, 7) is 4.01. The number of rotatable bonds is 7. The minimum absolute atomic E-state index is 0.0477. The Bertz CT molecular complexity index is 980. The van der Waals surface area contributed by atoms with E-state index in [-0.39, 0.29) is 11.7 Å². The number of halogens is 1. The average molecular weight is 438 g/mol. The molecule has 7 heteroatoms. The van der Waals surface area contributed by atoms with Crippen LogP contribution in [0.15, 0.2) is 58.5 Å². The lowest BCUT2D eigenvalue weighted by Gasteiger charge is -2.37. The highest BCUT2D eigenvalue weighted by Gasteiger charge is 2.26. The molecule has 0 aliphatic carbocycles. The van der Waals surface area contributed by atoms with Crippen LogP contribution in [0.25, 0.3) is 0 Å². The van der Waals surface area contributed by atoms with Gasteiger partial charge in [0.15, 0.2) is 5.84 Å². The fourth-order valence-electron chi connectivity index (χ4n) is 4.16. The molecular formula is C25H30FN4O2+. The molecule has 32 heavy (non-hydrogen) atoms. The third kappa shape index (κ3) is 5.79. The smallest absolute Gasteiger partial charge is 0.245 e. The van der Waals surface area contributed by atoms with E-state index in [0.717, 1.165) is 16.6 Å². The number of aliphatic imine (C=N–C) groups is 2. The largest absolute Gasteiger partial charge is 0.457 e. The van der Waals surface area contributed by atoms with Gasteiger partial charge < -0.3 is 14.5 Å². The Hall–Kier alpha value is -3.06. The lowest BCUT2D eigenvalue weighted by atomic mass is 10.1. The van der Waals surface area contributed by atoms with Crippen LogP contribution < -0.4 is 10.1 Å². The number of benzene rings is 2. The minimum atomic E-state index is -0.454. The summed E-state index contributed by atoms with van der Waals surface area (Å²) in [6.07, 6.45) is 6.12. The second kappa shape index (κ2) is 10.0. The van der Waals surface area contributed by atoms with Gasteiger partial charge in [0.2, 0.25) is 5.91 Å². The fourth-order valence-corrected chi connectivity index (χ4v) is 4.16. The lowest BCUT2D eigenvalue weighted by Crippen LogP contribution is -2.52. The van der Waals surface area contributed by atoms with Gasteiger partial charge >= 0.3 is 0 Å². The van der Waals surface area contributed by atoms with Gasteiger partial charge in [-0.3, -0.25) is 9.79 Å². The van der Waals surface area contributed by atoms with Crippen molar-refractivity contribution in [1.29, 1.82) is 0 Å². The van der Waals surface area contributed by atoms with E-state index in [2.05, 4.69) is 22.3 Å². The molecule has 6 nitrogen and oxygen atoms in total. The van der Waals surface area contributed by atoms with Crippen molar-refractivity contribution in [2.75, 3.05) is 33.2 Å². The normalized spacial score (nSPS) is 19.8. The molecule has 1 N–H and O–H groups in total. The zero-order valence-corrected chi connectivity index (χ0v) is 18.5. The minimum Gasteiger partial charge on any atom is -0.457 e. The quantitative estimate of drug-likeness (QED) is 0.667. The summed E-state index contributed by atoms with van der Waals surface area (Å²) < 4.78 is 19.8. The first-order chi connectivity index (χ1) is 15.5. The second-order valence-electron chi connectivity index (χ2n) is 8.74.